The summed E-state index contributed by atoms with van der Waals surface area (Å²) in [6.45, 7) is 0. The first-order chi connectivity index (χ1) is 9.91. The van der Waals surface area contributed by atoms with Crippen LogP contribution in [0.4, 0.5) is 18.9 Å². The maximum Gasteiger partial charge on any atom is 0.416 e. The van der Waals surface area contributed by atoms with Gasteiger partial charge in [-0.05, 0) is 17.7 Å². The van der Waals surface area contributed by atoms with E-state index in [1.165, 1.54) is 18.3 Å². The molecule has 0 fully saturated rings. The molecule has 21 heavy (non-hydrogen) atoms. The lowest BCUT2D eigenvalue weighted by Gasteiger charge is -2.06. The molecule has 0 saturated heterocycles. The van der Waals surface area contributed by atoms with Crippen LogP contribution >= 0.6 is 0 Å². The molecule has 0 saturated carbocycles. The van der Waals surface area contributed by atoms with E-state index in [1.807, 2.05) is 0 Å². The quantitative estimate of drug-likeness (QED) is 0.790. The van der Waals surface area contributed by atoms with Gasteiger partial charge in [-0.15, -0.1) is 0 Å². The summed E-state index contributed by atoms with van der Waals surface area (Å²) in [5.41, 5.74) is 7.56. The summed E-state index contributed by atoms with van der Waals surface area (Å²) in [7, 11) is 0. The van der Waals surface area contributed by atoms with Gasteiger partial charge in [-0.2, -0.15) is 18.3 Å². The molecule has 0 radical (unpaired) electrons. The Hall–Kier alpha value is -2.57. The molecule has 2 heterocycles. The highest BCUT2D eigenvalue weighted by atomic mass is 19.4. The first-order valence-corrected chi connectivity index (χ1v) is 6.18. The van der Waals surface area contributed by atoms with E-state index in [4.69, 9.17) is 5.73 Å². The zero-order valence-electron chi connectivity index (χ0n) is 10.8. The van der Waals surface area contributed by atoms with Gasteiger partial charge < -0.3 is 5.73 Å². The largest absolute Gasteiger partial charge is 0.416 e. The van der Waals surface area contributed by atoms with Crippen LogP contribution in [0.2, 0.25) is 0 Å². The Morgan fingerprint density at radius 3 is 2.52 bits per heavy atom. The number of nitrogens with two attached hydrogens (primary N) is 1. The Labute approximate surface area is 118 Å². The number of alkyl halides is 3. The normalized spacial score (nSPS) is 12.0. The van der Waals surface area contributed by atoms with E-state index in [-0.39, 0.29) is 0 Å². The predicted octanol–water partition coefficient (Wildman–Crippen LogP) is 2.92. The minimum atomic E-state index is -4.32. The highest BCUT2D eigenvalue weighted by Crippen LogP contribution is 2.29. The van der Waals surface area contributed by atoms with Crippen LogP contribution < -0.4 is 5.73 Å². The third kappa shape index (κ3) is 2.81. The molecule has 2 N–H and O–H groups in total. The third-order valence-electron chi connectivity index (χ3n) is 3.05. The molecular weight excluding hydrogens is 281 g/mol. The number of nitrogen functional groups attached to an aromatic ring is 1. The highest BCUT2D eigenvalue weighted by molar-refractivity contribution is 5.45. The first kappa shape index (κ1) is 13.4. The Morgan fingerprint density at radius 2 is 1.86 bits per heavy atom. The van der Waals surface area contributed by atoms with Gasteiger partial charge in [0.25, 0.3) is 0 Å². The lowest BCUT2D eigenvalue weighted by atomic mass is 10.1. The minimum absolute atomic E-state index is 0.432. The molecule has 0 unspecified atom stereocenters. The topological polar surface area (TPSA) is 56.2 Å². The van der Waals surface area contributed by atoms with Crippen molar-refractivity contribution in [2.24, 2.45) is 0 Å². The van der Waals surface area contributed by atoms with Gasteiger partial charge in [-0.3, -0.25) is 0 Å². The second-order valence-corrected chi connectivity index (χ2v) is 4.70. The van der Waals surface area contributed by atoms with Crippen LogP contribution in [0.3, 0.4) is 0 Å². The van der Waals surface area contributed by atoms with Gasteiger partial charge in [0, 0.05) is 12.5 Å². The number of benzene rings is 1. The minimum Gasteiger partial charge on any atom is -0.396 e. The van der Waals surface area contributed by atoms with Crippen molar-refractivity contribution in [3.63, 3.8) is 0 Å². The predicted molar refractivity (Wildman–Crippen MR) is 71.6 cm³/mol. The second kappa shape index (κ2) is 4.76. The number of nitrogens with zero attached hydrogens (tertiary/aromatic N) is 3. The van der Waals surface area contributed by atoms with Crippen LogP contribution in [0.25, 0.3) is 5.65 Å². The van der Waals surface area contributed by atoms with Crippen molar-refractivity contribution < 1.29 is 13.2 Å². The Kier molecular flexibility index (Phi) is 3.04. The standard InChI is InChI=1S/C14H11F3N4/c15-14(16,17)10-3-1-9(2-4-10)5-12-6-13-19-7-11(18)8-21(13)20-12/h1-4,6-8H,5,18H2. The zero-order chi connectivity index (χ0) is 15.0. The summed E-state index contributed by atoms with van der Waals surface area (Å²) < 4.78 is 39.0. The van der Waals surface area contributed by atoms with Crippen LogP contribution in [0.15, 0.2) is 42.7 Å². The Morgan fingerprint density at radius 1 is 1.14 bits per heavy atom. The van der Waals surface area contributed by atoms with Gasteiger partial charge in [0.1, 0.15) is 0 Å². The monoisotopic (exact) mass is 292 g/mol. The van der Waals surface area contributed by atoms with Crippen molar-refractivity contribution in [2.75, 3.05) is 5.73 Å². The summed E-state index contributed by atoms with van der Waals surface area (Å²) in [6, 6.07) is 6.82. The van der Waals surface area contributed by atoms with Crippen molar-refractivity contribution in [1.29, 1.82) is 0 Å². The highest BCUT2D eigenvalue weighted by Gasteiger charge is 2.29. The smallest absolute Gasteiger partial charge is 0.396 e. The van der Waals surface area contributed by atoms with E-state index >= 15 is 0 Å². The molecule has 7 heteroatoms. The molecule has 0 aliphatic heterocycles. The van der Waals surface area contributed by atoms with E-state index in [1.54, 1.807) is 16.8 Å². The number of hydrogen-bond acceptors (Lipinski definition) is 3. The maximum atomic E-state index is 12.5. The van der Waals surface area contributed by atoms with E-state index < -0.39 is 11.7 Å². The van der Waals surface area contributed by atoms with E-state index in [0.29, 0.717) is 23.4 Å². The second-order valence-electron chi connectivity index (χ2n) is 4.70. The molecule has 2 aromatic heterocycles. The third-order valence-corrected chi connectivity index (χ3v) is 3.05. The molecule has 0 aliphatic carbocycles. The summed E-state index contributed by atoms with van der Waals surface area (Å²) in [5.74, 6) is 0. The van der Waals surface area contributed by atoms with Gasteiger partial charge in [0.05, 0.1) is 29.3 Å². The fourth-order valence-corrected chi connectivity index (χ4v) is 2.05. The van der Waals surface area contributed by atoms with Crippen LogP contribution in [-0.2, 0) is 12.6 Å². The summed E-state index contributed by atoms with van der Waals surface area (Å²) in [6.07, 6.45) is -0.720. The van der Waals surface area contributed by atoms with E-state index in [2.05, 4.69) is 10.1 Å². The van der Waals surface area contributed by atoms with Crippen molar-refractivity contribution >= 4 is 11.3 Å². The maximum absolute atomic E-state index is 12.5. The number of anilines is 1. The van der Waals surface area contributed by atoms with Gasteiger partial charge in [0.15, 0.2) is 5.65 Å². The van der Waals surface area contributed by atoms with Crippen LogP contribution in [0, 0.1) is 0 Å². The SMILES string of the molecule is Nc1cnc2cc(Cc3ccc(C(F)(F)F)cc3)nn2c1. The van der Waals surface area contributed by atoms with Crippen molar-refractivity contribution in [3.8, 4) is 0 Å². The number of hydrogen-bond donors (Lipinski definition) is 1. The van der Waals surface area contributed by atoms with Crippen LogP contribution in [-0.4, -0.2) is 14.6 Å². The molecule has 1 aromatic carbocycles. The number of halogens is 3. The summed E-state index contributed by atoms with van der Waals surface area (Å²) in [4.78, 5) is 4.12. The Bertz CT molecular complexity index is 775. The molecule has 0 spiro atoms. The van der Waals surface area contributed by atoms with Crippen molar-refractivity contribution in [3.05, 3.63) is 59.5 Å². The van der Waals surface area contributed by atoms with E-state index in [0.717, 1.165) is 17.7 Å². The van der Waals surface area contributed by atoms with Crippen molar-refractivity contribution in [1.82, 2.24) is 14.6 Å². The molecule has 0 bridgehead atoms. The summed E-state index contributed by atoms with van der Waals surface area (Å²) in [5, 5.41) is 4.29. The number of fused-ring (bicyclic) bond motifs is 1. The van der Waals surface area contributed by atoms with Gasteiger partial charge >= 0.3 is 6.18 Å². The molecule has 0 amide bonds. The average Bonchev–Trinajstić information content (AvgIpc) is 2.79. The molecule has 3 rings (SSSR count). The molecular formula is C14H11F3N4. The Balaban J connectivity index is 1.84. The summed E-state index contributed by atoms with van der Waals surface area (Å²) >= 11 is 0. The molecule has 0 aliphatic rings. The molecule has 0 atom stereocenters. The fraction of sp³-hybridized carbons (Fsp3) is 0.143. The number of rotatable bonds is 2. The zero-order valence-corrected chi connectivity index (χ0v) is 10.8. The van der Waals surface area contributed by atoms with Crippen LogP contribution in [0.1, 0.15) is 16.8 Å². The number of aromatic nitrogens is 3. The average molecular weight is 292 g/mol. The fourth-order valence-electron chi connectivity index (χ4n) is 2.05. The van der Waals surface area contributed by atoms with Gasteiger partial charge in [-0.1, -0.05) is 12.1 Å². The lowest BCUT2D eigenvalue weighted by Crippen LogP contribution is -2.04. The van der Waals surface area contributed by atoms with Crippen LogP contribution in [0.5, 0.6) is 0 Å². The molecule has 108 valence electrons. The molecule has 4 nitrogen and oxygen atoms in total. The lowest BCUT2D eigenvalue weighted by molar-refractivity contribution is -0.137. The van der Waals surface area contributed by atoms with Gasteiger partial charge in [0.2, 0.25) is 0 Å². The molecule has 3 aromatic rings. The van der Waals surface area contributed by atoms with Crippen molar-refractivity contribution in [2.45, 2.75) is 12.6 Å². The first-order valence-electron chi connectivity index (χ1n) is 6.18. The van der Waals surface area contributed by atoms with E-state index in [9.17, 15) is 13.2 Å². The van der Waals surface area contributed by atoms with Gasteiger partial charge in [-0.25, -0.2) is 9.50 Å².